The lowest BCUT2D eigenvalue weighted by Gasteiger charge is -2.33. The van der Waals surface area contributed by atoms with Gasteiger partial charge in [-0.25, -0.2) is 15.0 Å². The summed E-state index contributed by atoms with van der Waals surface area (Å²) in [5.74, 6) is 1.17. The molecule has 0 bridgehead atoms. The van der Waals surface area contributed by atoms with Gasteiger partial charge in [0.25, 0.3) is 5.91 Å². The zero-order chi connectivity index (χ0) is 20.8. The summed E-state index contributed by atoms with van der Waals surface area (Å²) >= 11 is 1.50. The number of benzene rings is 1. The summed E-state index contributed by atoms with van der Waals surface area (Å²) in [4.78, 5) is 27.7. The Morgan fingerprint density at radius 2 is 2.17 bits per heavy atom. The second kappa shape index (κ2) is 9.69. The highest BCUT2D eigenvalue weighted by Crippen LogP contribution is 2.23. The number of ether oxygens (including phenoxy) is 2. The van der Waals surface area contributed by atoms with Crippen molar-refractivity contribution in [1.82, 2.24) is 19.9 Å². The van der Waals surface area contributed by atoms with Crippen molar-refractivity contribution in [3.05, 3.63) is 67.1 Å². The molecule has 0 aliphatic carbocycles. The second-order valence-corrected chi connectivity index (χ2v) is 7.72. The average molecular weight is 423 g/mol. The van der Waals surface area contributed by atoms with Crippen molar-refractivity contribution in [2.75, 3.05) is 32.1 Å². The van der Waals surface area contributed by atoms with Crippen LogP contribution >= 0.6 is 11.8 Å². The van der Waals surface area contributed by atoms with Gasteiger partial charge >= 0.3 is 0 Å². The van der Waals surface area contributed by atoms with E-state index in [1.54, 1.807) is 23.2 Å². The van der Waals surface area contributed by atoms with Crippen LogP contribution < -0.4 is 4.74 Å². The van der Waals surface area contributed by atoms with E-state index in [2.05, 4.69) is 21.5 Å². The average Bonchev–Trinajstić information content (AvgIpc) is 2.81. The number of amides is 1. The SMILES string of the molecule is C=CCSc1ncccc1C(=O)N1CCOC(COc2ncnc3ccccc23)C1. The summed E-state index contributed by atoms with van der Waals surface area (Å²) in [6, 6.07) is 11.3. The van der Waals surface area contributed by atoms with Crippen LogP contribution in [0, 0.1) is 0 Å². The molecule has 1 aromatic carbocycles. The standard InChI is InChI=1S/C22H22N4O3S/c1-2-12-30-21-18(7-5-9-23-21)22(27)26-10-11-28-16(13-26)14-29-20-17-6-3-4-8-19(17)24-15-25-20/h2-9,15-16H,1,10-14H2. The van der Waals surface area contributed by atoms with E-state index in [4.69, 9.17) is 9.47 Å². The molecule has 1 aliphatic rings. The maximum atomic E-state index is 13.1. The zero-order valence-electron chi connectivity index (χ0n) is 16.4. The Bertz CT molecular complexity index is 1040. The molecule has 8 heteroatoms. The molecule has 3 aromatic rings. The summed E-state index contributed by atoms with van der Waals surface area (Å²) in [6.45, 7) is 5.47. The van der Waals surface area contributed by atoms with Crippen molar-refractivity contribution < 1.29 is 14.3 Å². The van der Waals surface area contributed by atoms with Gasteiger partial charge in [-0.05, 0) is 24.3 Å². The van der Waals surface area contributed by atoms with Crippen LogP contribution in [0.4, 0.5) is 0 Å². The molecule has 0 spiro atoms. The first-order valence-electron chi connectivity index (χ1n) is 9.68. The number of fused-ring (bicyclic) bond motifs is 1. The van der Waals surface area contributed by atoms with Gasteiger partial charge in [-0.2, -0.15) is 0 Å². The van der Waals surface area contributed by atoms with Crippen LogP contribution in [-0.4, -0.2) is 63.9 Å². The van der Waals surface area contributed by atoms with Crippen LogP contribution in [-0.2, 0) is 4.74 Å². The van der Waals surface area contributed by atoms with Gasteiger partial charge in [-0.1, -0.05) is 18.2 Å². The van der Waals surface area contributed by atoms with Crippen molar-refractivity contribution in [3.63, 3.8) is 0 Å². The number of pyridine rings is 1. The smallest absolute Gasteiger partial charge is 0.256 e. The largest absolute Gasteiger partial charge is 0.474 e. The summed E-state index contributed by atoms with van der Waals surface area (Å²) in [7, 11) is 0. The van der Waals surface area contributed by atoms with Crippen molar-refractivity contribution in [2.24, 2.45) is 0 Å². The first kappa shape index (κ1) is 20.3. The van der Waals surface area contributed by atoms with Crippen LogP contribution in [0.25, 0.3) is 10.9 Å². The molecule has 1 unspecified atom stereocenters. The molecule has 4 rings (SSSR count). The molecule has 30 heavy (non-hydrogen) atoms. The molecule has 3 heterocycles. The predicted molar refractivity (Wildman–Crippen MR) is 116 cm³/mol. The van der Waals surface area contributed by atoms with Crippen LogP contribution in [0.1, 0.15) is 10.4 Å². The first-order valence-corrected chi connectivity index (χ1v) is 10.7. The minimum atomic E-state index is -0.239. The van der Waals surface area contributed by atoms with Crippen LogP contribution in [0.15, 0.2) is 66.6 Å². The lowest BCUT2D eigenvalue weighted by Crippen LogP contribution is -2.47. The Hall–Kier alpha value is -2.97. The van der Waals surface area contributed by atoms with Gasteiger partial charge < -0.3 is 14.4 Å². The highest BCUT2D eigenvalue weighted by atomic mass is 32.2. The minimum absolute atomic E-state index is 0.0459. The Kier molecular flexibility index (Phi) is 6.56. The van der Waals surface area contributed by atoms with Crippen LogP contribution in [0.5, 0.6) is 5.88 Å². The summed E-state index contributed by atoms with van der Waals surface area (Å²) < 4.78 is 11.8. The number of hydrogen-bond acceptors (Lipinski definition) is 7. The molecule has 1 fully saturated rings. The molecule has 0 N–H and O–H groups in total. The molecular formula is C22H22N4O3S. The highest BCUT2D eigenvalue weighted by molar-refractivity contribution is 7.99. The van der Waals surface area contributed by atoms with E-state index in [0.29, 0.717) is 48.5 Å². The fraction of sp³-hybridized carbons (Fsp3) is 0.273. The number of thioether (sulfide) groups is 1. The summed E-state index contributed by atoms with van der Waals surface area (Å²) in [5, 5.41) is 1.57. The Balaban J connectivity index is 1.42. The highest BCUT2D eigenvalue weighted by Gasteiger charge is 2.27. The predicted octanol–water partition coefficient (Wildman–Crippen LogP) is 3.22. The molecule has 0 saturated carbocycles. The molecular weight excluding hydrogens is 400 g/mol. The van der Waals surface area contributed by atoms with Crippen molar-refractivity contribution in [1.29, 1.82) is 0 Å². The van der Waals surface area contributed by atoms with Crippen LogP contribution in [0.2, 0.25) is 0 Å². The van der Waals surface area contributed by atoms with Gasteiger partial charge in [0.2, 0.25) is 5.88 Å². The fourth-order valence-corrected chi connectivity index (χ4v) is 3.97. The lowest BCUT2D eigenvalue weighted by molar-refractivity contribution is -0.0406. The molecule has 7 nitrogen and oxygen atoms in total. The van der Waals surface area contributed by atoms with E-state index in [9.17, 15) is 4.79 Å². The van der Waals surface area contributed by atoms with E-state index in [0.717, 1.165) is 10.9 Å². The first-order chi connectivity index (χ1) is 14.8. The summed E-state index contributed by atoms with van der Waals surface area (Å²) in [6.07, 6.45) is 4.74. The number of rotatable bonds is 7. The minimum Gasteiger partial charge on any atom is -0.474 e. The van der Waals surface area contributed by atoms with E-state index in [1.165, 1.54) is 18.1 Å². The molecule has 1 atom stereocenters. The quantitative estimate of drug-likeness (QED) is 0.427. The van der Waals surface area contributed by atoms with Gasteiger partial charge in [-0.15, -0.1) is 18.3 Å². The van der Waals surface area contributed by atoms with E-state index in [-0.39, 0.29) is 12.0 Å². The summed E-state index contributed by atoms with van der Waals surface area (Å²) in [5.41, 5.74) is 1.43. The fourth-order valence-electron chi connectivity index (χ4n) is 3.25. The van der Waals surface area contributed by atoms with Crippen molar-refractivity contribution in [3.8, 4) is 5.88 Å². The number of carbonyl (C=O) groups is 1. The van der Waals surface area contributed by atoms with Gasteiger partial charge in [0.15, 0.2) is 0 Å². The monoisotopic (exact) mass is 422 g/mol. The van der Waals surface area contributed by atoms with Gasteiger partial charge in [0.1, 0.15) is 24.1 Å². The Labute approximate surface area is 179 Å². The lowest BCUT2D eigenvalue weighted by atomic mass is 10.2. The maximum absolute atomic E-state index is 13.1. The number of nitrogens with zero attached hydrogens (tertiary/aromatic N) is 4. The third kappa shape index (κ3) is 4.60. The number of carbonyl (C=O) groups excluding carboxylic acids is 1. The topological polar surface area (TPSA) is 77.4 Å². The van der Waals surface area contributed by atoms with E-state index >= 15 is 0 Å². The zero-order valence-corrected chi connectivity index (χ0v) is 17.3. The molecule has 1 amide bonds. The van der Waals surface area contributed by atoms with E-state index < -0.39 is 0 Å². The number of morpholine rings is 1. The molecule has 1 saturated heterocycles. The molecule has 2 aromatic heterocycles. The number of para-hydroxylation sites is 1. The van der Waals surface area contributed by atoms with Gasteiger partial charge in [-0.3, -0.25) is 4.79 Å². The molecule has 154 valence electrons. The van der Waals surface area contributed by atoms with Crippen molar-refractivity contribution in [2.45, 2.75) is 11.1 Å². The number of hydrogen-bond donors (Lipinski definition) is 0. The van der Waals surface area contributed by atoms with Crippen molar-refractivity contribution >= 4 is 28.6 Å². The Morgan fingerprint density at radius 3 is 3.07 bits per heavy atom. The number of aromatic nitrogens is 3. The molecule has 0 radical (unpaired) electrons. The normalized spacial score (nSPS) is 16.4. The van der Waals surface area contributed by atoms with E-state index in [1.807, 2.05) is 30.3 Å². The second-order valence-electron chi connectivity index (χ2n) is 6.71. The van der Waals surface area contributed by atoms with Crippen LogP contribution in [0.3, 0.4) is 0 Å². The van der Waals surface area contributed by atoms with Gasteiger partial charge in [0.05, 0.1) is 29.6 Å². The third-order valence-corrected chi connectivity index (χ3v) is 5.68. The van der Waals surface area contributed by atoms with Gasteiger partial charge in [0, 0.05) is 18.5 Å². The third-order valence-electron chi connectivity index (χ3n) is 4.68. The Morgan fingerprint density at radius 1 is 1.27 bits per heavy atom. The maximum Gasteiger partial charge on any atom is 0.256 e. The molecule has 1 aliphatic heterocycles.